The highest BCUT2D eigenvalue weighted by Gasteiger charge is 2.24. The highest BCUT2D eigenvalue weighted by molar-refractivity contribution is 7.85. The Bertz CT molecular complexity index is 526. The van der Waals surface area contributed by atoms with Crippen molar-refractivity contribution in [1.82, 2.24) is 0 Å². The summed E-state index contributed by atoms with van der Waals surface area (Å²) in [5.74, 6) is -0.146. The average molecular weight is 260 g/mol. The summed E-state index contributed by atoms with van der Waals surface area (Å²) in [4.78, 5) is -0.329. The first kappa shape index (κ1) is 14.0. The van der Waals surface area contributed by atoms with Crippen LogP contribution >= 0.6 is 0 Å². The molecule has 0 heterocycles. The lowest BCUT2D eigenvalue weighted by molar-refractivity contribution is 0.274. The van der Waals surface area contributed by atoms with Crippen LogP contribution < -0.4 is 0 Å². The molecule has 3 N–H and O–H groups in total. The van der Waals surface area contributed by atoms with Crippen molar-refractivity contribution >= 4 is 10.1 Å². The van der Waals surface area contributed by atoms with Crippen molar-refractivity contribution in [1.29, 1.82) is 0 Å². The van der Waals surface area contributed by atoms with E-state index in [0.717, 1.165) is 6.07 Å². The monoisotopic (exact) mass is 260 g/mol. The second-order valence-corrected chi connectivity index (χ2v) is 6.28. The summed E-state index contributed by atoms with van der Waals surface area (Å²) in [5.41, 5.74) is -0.0731. The Balaban J connectivity index is 3.62. The van der Waals surface area contributed by atoms with E-state index >= 15 is 0 Å². The molecule has 0 spiro atoms. The summed E-state index contributed by atoms with van der Waals surface area (Å²) in [6, 6.07) is 2.27. The van der Waals surface area contributed by atoms with Crippen molar-refractivity contribution in [2.75, 3.05) is 0 Å². The van der Waals surface area contributed by atoms with Gasteiger partial charge in [-0.2, -0.15) is 8.42 Å². The molecule has 0 saturated heterocycles. The van der Waals surface area contributed by atoms with E-state index in [0.29, 0.717) is 5.56 Å². The van der Waals surface area contributed by atoms with Crippen molar-refractivity contribution in [2.45, 2.75) is 37.7 Å². The van der Waals surface area contributed by atoms with Gasteiger partial charge in [0.05, 0.1) is 11.5 Å². The van der Waals surface area contributed by atoms with Gasteiger partial charge in [0.15, 0.2) is 0 Å². The van der Waals surface area contributed by atoms with Crippen LogP contribution in [0.15, 0.2) is 17.0 Å². The molecular formula is C11H16O5S. The molecule has 0 aliphatic heterocycles. The summed E-state index contributed by atoms with van der Waals surface area (Å²) in [7, 11) is -4.36. The topological polar surface area (TPSA) is 94.8 Å². The number of hydrogen-bond donors (Lipinski definition) is 3. The Kier molecular flexibility index (Phi) is 3.52. The van der Waals surface area contributed by atoms with Gasteiger partial charge in [-0.1, -0.05) is 20.8 Å². The standard InChI is InChI=1S/C11H16O5S/c1-11(2,3)9-5-8(17(14,15)16)4-7(6-12)10(9)13/h4-5,12-13H,6H2,1-3H3,(H,14,15,16). The predicted molar refractivity (Wildman–Crippen MR) is 62.5 cm³/mol. The Morgan fingerprint density at radius 3 is 2.12 bits per heavy atom. The summed E-state index contributed by atoms with van der Waals surface area (Å²) in [5, 5.41) is 18.9. The SMILES string of the molecule is CC(C)(C)c1cc(S(=O)(=O)O)cc(CO)c1O. The minimum absolute atomic E-state index is 0.0741. The molecule has 0 amide bonds. The minimum atomic E-state index is -4.36. The normalized spacial score (nSPS) is 12.8. The maximum Gasteiger partial charge on any atom is 0.294 e. The fourth-order valence-electron chi connectivity index (χ4n) is 1.51. The smallest absolute Gasteiger partial charge is 0.294 e. The molecule has 0 aliphatic rings. The molecule has 0 saturated carbocycles. The second-order valence-electron chi connectivity index (χ2n) is 4.86. The highest BCUT2D eigenvalue weighted by Crippen LogP contribution is 2.35. The van der Waals surface area contributed by atoms with Gasteiger partial charge in [-0.3, -0.25) is 4.55 Å². The Morgan fingerprint density at radius 2 is 1.76 bits per heavy atom. The zero-order chi connectivity index (χ0) is 13.4. The first-order valence-electron chi connectivity index (χ1n) is 5.02. The molecule has 0 aromatic heterocycles. The predicted octanol–water partition coefficient (Wildman–Crippen LogP) is 1.43. The molecule has 1 rings (SSSR count). The van der Waals surface area contributed by atoms with Crippen LogP contribution in [0.3, 0.4) is 0 Å². The van der Waals surface area contributed by atoms with Crippen molar-refractivity contribution < 1.29 is 23.2 Å². The Hall–Kier alpha value is -1.11. The third-order valence-electron chi connectivity index (χ3n) is 2.44. The van der Waals surface area contributed by atoms with E-state index in [1.165, 1.54) is 6.07 Å². The second kappa shape index (κ2) is 4.29. The number of benzene rings is 1. The van der Waals surface area contributed by atoms with Gasteiger partial charge in [0.25, 0.3) is 10.1 Å². The number of aliphatic hydroxyl groups is 1. The zero-order valence-electron chi connectivity index (χ0n) is 9.93. The van der Waals surface area contributed by atoms with Crippen LogP contribution in [0, 0.1) is 0 Å². The van der Waals surface area contributed by atoms with Crippen LogP contribution in [0.25, 0.3) is 0 Å². The lowest BCUT2D eigenvalue weighted by Gasteiger charge is -2.22. The molecule has 0 atom stereocenters. The third-order valence-corrected chi connectivity index (χ3v) is 3.27. The van der Waals surface area contributed by atoms with Gasteiger partial charge in [-0.25, -0.2) is 0 Å². The van der Waals surface area contributed by atoms with Gasteiger partial charge in [0.2, 0.25) is 0 Å². The number of hydrogen-bond acceptors (Lipinski definition) is 4. The molecule has 0 unspecified atom stereocenters. The van der Waals surface area contributed by atoms with Gasteiger partial charge < -0.3 is 10.2 Å². The maximum atomic E-state index is 11.1. The van der Waals surface area contributed by atoms with Crippen LogP contribution in [0.2, 0.25) is 0 Å². The van der Waals surface area contributed by atoms with E-state index in [1.54, 1.807) is 20.8 Å². The number of phenols is 1. The van der Waals surface area contributed by atoms with E-state index in [4.69, 9.17) is 9.66 Å². The van der Waals surface area contributed by atoms with Crippen LogP contribution in [0.4, 0.5) is 0 Å². The largest absolute Gasteiger partial charge is 0.507 e. The van der Waals surface area contributed by atoms with Gasteiger partial charge >= 0.3 is 0 Å². The molecule has 0 aliphatic carbocycles. The fourth-order valence-corrected chi connectivity index (χ4v) is 2.06. The molecule has 6 heteroatoms. The summed E-state index contributed by atoms with van der Waals surface area (Å²) >= 11 is 0. The Morgan fingerprint density at radius 1 is 1.24 bits per heavy atom. The molecule has 17 heavy (non-hydrogen) atoms. The van der Waals surface area contributed by atoms with E-state index in [1.807, 2.05) is 0 Å². The lowest BCUT2D eigenvalue weighted by Crippen LogP contribution is -2.14. The molecule has 96 valence electrons. The zero-order valence-corrected chi connectivity index (χ0v) is 10.7. The fraction of sp³-hybridized carbons (Fsp3) is 0.455. The number of aromatic hydroxyl groups is 1. The molecule has 1 aromatic rings. The lowest BCUT2D eigenvalue weighted by atomic mass is 9.85. The molecule has 1 aromatic carbocycles. The van der Waals surface area contributed by atoms with E-state index in [2.05, 4.69) is 0 Å². The molecule has 5 nitrogen and oxygen atoms in total. The van der Waals surface area contributed by atoms with Crippen LogP contribution in [0.5, 0.6) is 5.75 Å². The Labute approximate surface area is 100 Å². The van der Waals surface area contributed by atoms with Gasteiger partial charge in [0, 0.05) is 11.1 Å². The van der Waals surface area contributed by atoms with Crippen LogP contribution in [-0.4, -0.2) is 23.2 Å². The van der Waals surface area contributed by atoms with E-state index in [9.17, 15) is 13.5 Å². The van der Waals surface area contributed by atoms with Gasteiger partial charge in [0.1, 0.15) is 5.75 Å². The highest BCUT2D eigenvalue weighted by atomic mass is 32.2. The van der Waals surface area contributed by atoms with Crippen molar-refractivity contribution in [3.63, 3.8) is 0 Å². The molecule has 0 fully saturated rings. The minimum Gasteiger partial charge on any atom is -0.507 e. The van der Waals surface area contributed by atoms with Gasteiger partial charge in [-0.15, -0.1) is 0 Å². The van der Waals surface area contributed by atoms with Crippen LogP contribution in [0.1, 0.15) is 31.9 Å². The van der Waals surface area contributed by atoms with Crippen molar-refractivity contribution in [3.8, 4) is 5.75 Å². The summed E-state index contributed by atoms with van der Waals surface area (Å²) in [6.07, 6.45) is 0. The average Bonchev–Trinajstić information content (AvgIpc) is 2.14. The van der Waals surface area contributed by atoms with Crippen LogP contribution in [-0.2, 0) is 22.1 Å². The number of rotatable bonds is 2. The first-order valence-corrected chi connectivity index (χ1v) is 6.46. The summed E-state index contributed by atoms with van der Waals surface area (Å²) < 4.78 is 31.2. The number of aliphatic hydroxyl groups excluding tert-OH is 1. The molecular weight excluding hydrogens is 244 g/mol. The summed E-state index contributed by atoms with van der Waals surface area (Å²) in [6.45, 7) is 4.86. The van der Waals surface area contributed by atoms with E-state index in [-0.39, 0.29) is 16.2 Å². The van der Waals surface area contributed by atoms with Crippen molar-refractivity contribution in [3.05, 3.63) is 23.3 Å². The molecule has 0 bridgehead atoms. The quantitative estimate of drug-likeness (QED) is 0.699. The first-order chi connectivity index (χ1) is 7.57. The van der Waals surface area contributed by atoms with Gasteiger partial charge in [-0.05, 0) is 17.5 Å². The third kappa shape index (κ3) is 2.96. The molecule has 0 radical (unpaired) electrons. The maximum absolute atomic E-state index is 11.1. The van der Waals surface area contributed by atoms with Crippen molar-refractivity contribution in [2.24, 2.45) is 0 Å². The van der Waals surface area contributed by atoms with E-state index < -0.39 is 22.1 Å².